The molecule has 0 aliphatic heterocycles. The lowest BCUT2D eigenvalue weighted by atomic mass is 10.1. The van der Waals surface area contributed by atoms with Crippen LogP contribution in [0.2, 0.25) is 0 Å². The molecule has 0 heterocycles. The monoisotopic (exact) mass is 387 g/mol. The third kappa shape index (κ3) is 6.19. The first kappa shape index (κ1) is 21.1. The Kier molecular flexibility index (Phi) is 7.68. The van der Waals surface area contributed by atoms with Crippen LogP contribution in [0.5, 0.6) is 5.75 Å². The number of ether oxygens (including phenoxy) is 2. The number of halogens is 1. The molecular weight excluding hydrogens is 365 g/mol. The molecule has 0 unspecified atom stereocenters. The van der Waals surface area contributed by atoms with Crippen LogP contribution in [0.1, 0.15) is 35.7 Å². The second-order valence-electron chi connectivity index (χ2n) is 6.11. The van der Waals surface area contributed by atoms with Gasteiger partial charge >= 0.3 is 5.97 Å². The number of esters is 1. The highest BCUT2D eigenvalue weighted by Gasteiger charge is 2.12. The number of Topliss-reactive ketones (excluding diaryl/α,β-unsaturated/α-hetero) is 1. The third-order valence-corrected chi connectivity index (χ3v) is 3.90. The van der Waals surface area contributed by atoms with E-state index in [9.17, 15) is 18.8 Å². The van der Waals surface area contributed by atoms with Crippen molar-refractivity contribution in [2.24, 2.45) is 0 Å². The highest BCUT2D eigenvalue weighted by molar-refractivity contribution is 5.98. The van der Waals surface area contributed by atoms with Crippen LogP contribution in [-0.2, 0) is 20.7 Å². The first-order valence-electron chi connectivity index (χ1n) is 8.84. The Bertz CT molecular complexity index is 848. The maximum atomic E-state index is 13.6. The summed E-state index contributed by atoms with van der Waals surface area (Å²) in [5, 5.41) is 2.72. The van der Waals surface area contributed by atoms with Gasteiger partial charge in [0, 0.05) is 17.7 Å². The van der Waals surface area contributed by atoms with Gasteiger partial charge in [-0.2, -0.15) is 0 Å². The van der Waals surface area contributed by atoms with Crippen LogP contribution in [0, 0.1) is 5.82 Å². The lowest BCUT2D eigenvalue weighted by Crippen LogP contribution is -2.16. The number of carbonyl (C=O) groups is 3. The van der Waals surface area contributed by atoms with Crippen molar-refractivity contribution < 1.29 is 28.2 Å². The first-order valence-corrected chi connectivity index (χ1v) is 8.84. The van der Waals surface area contributed by atoms with E-state index in [1.54, 1.807) is 30.3 Å². The molecule has 0 fully saturated rings. The van der Waals surface area contributed by atoms with Crippen LogP contribution in [-0.4, -0.2) is 31.4 Å². The summed E-state index contributed by atoms with van der Waals surface area (Å²) in [4.78, 5) is 35.6. The Balaban J connectivity index is 1.85. The number of nitrogens with one attached hydrogen (secondary N) is 1. The summed E-state index contributed by atoms with van der Waals surface area (Å²) < 4.78 is 23.4. The van der Waals surface area contributed by atoms with E-state index in [0.29, 0.717) is 23.2 Å². The zero-order chi connectivity index (χ0) is 20.5. The Labute approximate surface area is 162 Å². The molecule has 0 bridgehead atoms. The van der Waals surface area contributed by atoms with E-state index >= 15 is 0 Å². The van der Waals surface area contributed by atoms with Crippen molar-refractivity contribution in [1.29, 1.82) is 0 Å². The summed E-state index contributed by atoms with van der Waals surface area (Å²) in [5.41, 5.74) is 1.37. The summed E-state index contributed by atoms with van der Waals surface area (Å²) in [6, 6.07) is 10.5. The average Bonchev–Trinajstić information content (AvgIpc) is 2.67. The smallest absolute Gasteiger partial charge is 0.310 e. The summed E-state index contributed by atoms with van der Waals surface area (Å²) >= 11 is 0. The minimum atomic E-state index is -0.638. The standard InChI is InChI=1S/C21H22FNO5/c1-3-4-20(25)23-16-8-6-15(7-9-16)18(24)13-28-21(26)12-14-5-10-19(27-2)17(22)11-14/h5-11H,3-4,12-13H2,1-2H3,(H,23,25). The van der Waals surface area contributed by atoms with Gasteiger partial charge in [-0.3, -0.25) is 14.4 Å². The number of amides is 1. The fraction of sp³-hybridized carbons (Fsp3) is 0.286. The summed E-state index contributed by atoms with van der Waals surface area (Å²) in [5.74, 6) is -1.59. The maximum absolute atomic E-state index is 13.6. The van der Waals surface area contributed by atoms with Crippen LogP contribution in [0.25, 0.3) is 0 Å². The molecular formula is C21H22FNO5. The molecule has 0 aromatic heterocycles. The molecule has 28 heavy (non-hydrogen) atoms. The predicted octanol–water partition coefficient (Wildman–Crippen LogP) is 3.54. The molecule has 0 aliphatic carbocycles. The molecule has 7 heteroatoms. The van der Waals surface area contributed by atoms with E-state index in [-0.39, 0.29) is 23.9 Å². The molecule has 1 amide bonds. The summed E-state index contributed by atoms with van der Waals surface area (Å²) in [6.45, 7) is 1.49. The Morgan fingerprint density at radius 2 is 1.79 bits per heavy atom. The molecule has 0 saturated heterocycles. The van der Waals surface area contributed by atoms with Gasteiger partial charge < -0.3 is 14.8 Å². The summed E-state index contributed by atoms with van der Waals surface area (Å²) in [7, 11) is 1.35. The second kappa shape index (κ2) is 10.2. The van der Waals surface area contributed by atoms with Gasteiger partial charge in [0.25, 0.3) is 0 Å². The zero-order valence-electron chi connectivity index (χ0n) is 15.8. The molecule has 2 rings (SSSR count). The third-order valence-electron chi connectivity index (χ3n) is 3.90. The van der Waals surface area contributed by atoms with Crippen molar-refractivity contribution in [2.45, 2.75) is 26.2 Å². The number of anilines is 1. The van der Waals surface area contributed by atoms with Gasteiger partial charge in [-0.1, -0.05) is 13.0 Å². The molecule has 0 atom stereocenters. The van der Waals surface area contributed by atoms with Crippen molar-refractivity contribution in [2.75, 3.05) is 19.0 Å². The second-order valence-corrected chi connectivity index (χ2v) is 6.11. The quantitative estimate of drug-likeness (QED) is 0.526. The van der Waals surface area contributed by atoms with Crippen molar-refractivity contribution in [3.63, 3.8) is 0 Å². The molecule has 148 valence electrons. The number of methoxy groups -OCH3 is 1. The number of benzene rings is 2. The van der Waals surface area contributed by atoms with Gasteiger partial charge in [-0.25, -0.2) is 4.39 Å². The molecule has 1 N–H and O–H groups in total. The lowest BCUT2D eigenvalue weighted by molar-refractivity contribution is -0.141. The van der Waals surface area contributed by atoms with E-state index in [1.165, 1.54) is 19.2 Å². The van der Waals surface area contributed by atoms with Gasteiger partial charge in [0.2, 0.25) is 5.91 Å². The molecule has 2 aromatic carbocycles. The molecule has 0 radical (unpaired) electrons. The minimum Gasteiger partial charge on any atom is -0.494 e. The van der Waals surface area contributed by atoms with E-state index in [0.717, 1.165) is 6.42 Å². The van der Waals surface area contributed by atoms with Crippen molar-refractivity contribution >= 4 is 23.3 Å². The topological polar surface area (TPSA) is 81.7 Å². The Morgan fingerprint density at radius 1 is 1.07 bits per heavy atom. The van der Waals surface area contributed by atoms with E-state index in [4.69, 9.17) is 9.47 Å². The fourth-order valence-corrected chi connectivity index (χ4v) is 2.46. The number of rotatable bonds is 9. The first-order chi connectivity index (χ1) is 13.4. The number of carbonyl (C=O) groups excluding carboxylic acids is 3. The van der Waals surface area contributed by atoms with Gasteiger partial charge in [0.05, 0.1) is 13.5 Å². The lowest BCUT2D eigenvalue weighted by Gasteiger charge is -2.07. The van der Waals surface area contributed by atoms with E-state index in [1.807, 2.05) is 6.92 Å². The predicted molar refractivity (Wildman–Crippen MR) is 102 cm³/mol. The SMILES string of the molecule is CCCC(=O)Nc1ccc(C(=O)COC(=O)Cc2ccc(OC)c(F)c2)cc1. The number of ketones is 1. The van der Waals surface area contributed by atoms with Crippen LogP contribution in [0.3, 0.4) is 0 Å². The van der Waals surface area contributed by atoms with Gasteiger partial charge in [-0.05, 0) is 48.4 Å². The van der Waals surface area contributed by atoms with Crippen LogP contribution in [0.4, 0.5) is 10.1 Å². The largest absolute Gasteiger partial charge is 0.494 e. The van der Waals surface area contributed by atoms with Crippen molar-refractivity contribution in [1.82, 2.24) is 0 Å². The maximum Gasteiger partial charge on any atom is 0.310 e. The van der Waals surface area contributed by atoms with Crippen LogP contribution < -0.4 is 10.1 Å². The molecule has 6 nitrogen and oxygen atoms in total. The number of hydrogen-bond acceptors (Lipinski definition) is 5. The Hall–Kier alpha value is -3.22. The highest BCUT2D eigenvalue weighted by Crippen LogP contribution is 2.18. The van der Waals surface area contributed by atoms with Crippen molar-refractivity contribution in [3.05, 3.63) is 59.4 Å². The molecule has 2 aromatic rings. The van der Waals surface area contributed by atoms with Crippen molar-refractivity contribution in [3.8, 4) is 5.75 Å². The van der Waals surface area contributed by atoms with Crippen LogP contribution in [0.15, 0.2) is 42.5 Å². The molecule has 0 spiro atoms. The average molecular weight is 387 g/mol. The molecule has 0 aliphatic rings. The molecule has 0 saturated carbocycles. The van der Waals surface area contributed by atoms with E-state index < -0.39 is 18.4 Å². The van der Waals surface area contributed by atoms with Gasteiger partial charge in [0.15, 0.2) is 24.0 Å². The van der Waals surface area contributed by atoms with Gasteiger partial charge in [0.1, 0.15) is 0 Å². The van der Waals surface area contributed by atoms with E-state index in [2.05, 4.69) is 5.32 Å². The minimum absolute atomic E-state index is 0.0848. The Morgan fingerprint density at radius 3 is 2.39 bits per heavy atom. The zero-order valence-corrected chi connectivity index (χ0v) is 15.8. The van der Waals surface area contributed by atoms with Gasteiger partial charge in [-0.15, -0.1) is 0 Å². The number of hydrogen-bond donors (Lipinski definition) is 1. The van der Waals surface area contributed by atoms with Crippen LogP contribution >= 0.6 is 0 Å². The highest BCUT2D eigenvalue weighted by atomic mass is 19.1. The normalized spacial score (nSPS) is 10.2. The fourth-order valence-electron chi connectivity index (χ4n) is 2.46. The summed E-state index contributed by atoms with van der Waals surface area (Å²) in [6.07, 6.45) is 1.02.